The number of hydrogen-bond donors (Lipinski definition) is 5. The molecule has 0 aliphatic carbocycles. The van der Waals surface area contributed by atoms with Crippen molar-refractivity contribution in [1.82, 2.24) is 40.8 Å². The highest BCUT2D eigenvalue weighted by Gasteiger charge is 2.37. The summed E-state index contributed by atoms with van der Waals surface area (Å²) in [7, 11) is 2.58. The van der Waals surface area contributed by atoms with Crippen LogP contribution in [-0.2, 0) is 25.5 Å². The predicted molar refractivity (Wildman–Crippen MR) is 236 cm³/mol. The molecule has 5 N–H and O–H groups in total. The van der Waals surface area contributed by atoms with Gasteiger partial charge in [0.1, 0.15) is 23.7 Å². The van der Waals surface area contributed by atoms with Crippen LogP contribution in [-0.4, -0.2) is 88.2 Å². The number of carbonyl (C=O) groups excluding carboxylic acids is 4. The number of fused-ring (bicyclic) bond motifs is 2. The van der Waals surface area contributed by atoms with E-state index in [2.05, 4.69) is 82.8 Å². The first-order valence-corrected chi connectivity index (χ1v) is 22.1. The average Bonchev–Trinajstić information content (AvgIpc) is 4.10. The molecule has 1 aliphatic rings. The average molecular weight is 853 g/mol. The maximum atomic E-state index is 13.7. The number of likely N-dealkylation sites (tertiary alicyclic amines) is 1. The van der Waals surface area contributed by atoms with Crippen molar-refractivity contribution in [3.8, 4) is 33.5 Å². The number of H-pyrrole nitrogens is 2. The smallest absolute Gasteiger partial charge is 0.407 e. The van der Waals surface area contributed by atoms with E-state index < -0.39 is 24.3 Å². The highest BCUT2D eigenvalue weighted by Crippen LogP contribution is 2.45. The third-order valence-corrected chi connectivity index (χ3v) is 13.2. The van der Waals surface area contributed by atoms with Gasteiger partial charge in [0, 0.05) is 41.4 Å². The summed E-state index contributed by atoms with van der Waals surface area (Å²) in [6.07, 6.45) is 4.64. The van der Waals surface area contributed by atoms with E-state index in [-0.39, 0.29) is 29.7 Å². The van der Waals surface area contributed by atoms with Crippen molar-refractivity contribution in [3.05, 3.63) is 71.1 Å². The van der Waals surface area contributed by atoms with Gasteiger partial charge in [-0.1, -0.05) is 58.0 Å². The van der Waals surface area contributed by atoms with Crippen molar-refractivity contribution in [3.63, 3.8) is 0 Å². The van der Waals surface area contributed by atoms with Crippen LogP contribution in [0.3, 0.4) is 0 Å². The van der Waals surface area contributed by atoms with Gasteiger partial charge in [0.15, 0.2) is 0 Å². The predicted octanol–water partition coefficient (Wildman–Crippen LogP) is 8.43. The molecule has 0 radical (unpaired) electrons. The van der Waals surface area contributed by atoms with Gasteiger partial charge in [-0.05, 0) is 66.3 Å². The van der Waals surface area contributed by atoms with E-state index in [1.54, 1.807) is 22.7 Å². The van der Waals surface area contributed by atoms with E-state index >= 15 is 0 Å². The lowest BCUT2D eigenvalue weighted by Crippen LogP contribution is -2.51. The molecule has 0 bridgehead atoms. The summed E-state index contributed by atoms with van der Waals surface area (Å²) in [4.78, 5) is 68.2. The quantitative estimate of drug-likeness (QED) is 0.0638. The van der Waals surface area contributed by atoms with Crippen LogP contribution in [0.2, 0.25) is 0 Å². The number of rotatable bonds is 15. The fourth-order valence-electron chi connectivity index (χ4n) is 7.69. The second kappa shape index (κ2) is 18.7. The number of aromatic nitrogens is 4. The Morgan fingerprint density at radius 2 is 1.47 bits per heavy atom. The molecule has 4 amide bonds. The number of hydrogen-bond acceptors (Lipinski definition) is 10. The standard InChI is InChI=1S/C44H52N8O6S2/c1-24(2)36(50-43(55)57-5)41(53)45-18-8-7-11-35-46-21-33(47-35)27-14-12-26(13-15-27)29-22-59-39-30(23-60-38(29)39)28-16-17-31-32(20-28)49-40(48-31)34-10-9-19-52(34)42(54)37(25(3)4)51-44(56)58-6/h12-17,20-25,34,36-37H,7-11,18-19H2,1-6H3,(H,45,53)(H,46,47)(H,48,49)(H,50,55)(H,51,56). The zero-order valence-corrected chi connectivity index (χ0v) is 36.4. The van der Waals surface area contributed by atoms with E-state index in [1.165, 1.54) is 34.7 Å². The first kappa shape index (κ1) is 42.4. The number of carbonyl (C=O) groups is 4. The van der Waals surface area contributed by atoms with Crippen LogP contribution in [0.25, 0.3) is 53.9 Å². The number of aromatic amines is 2. The Morgan fingerprint density at radius 3 is 2.13 bits per heavy atom. The van der Waals surface area contributed by atoms with Crippen LogP contribution in [0.1, 0.15) is 71.1 Å². The normalized spacial score (nSPS) is 15.1. The maximum absolute atomic E-state index is 13.7. The Hall–Kier alpha value is -5.74. The lowest BCUT2D eigenvalue weighted by molar-refractivity contribution is -0.135. The summed E-state index contributed by atoms with van der Waals surface area (Å²) < 4.78 is 11.9. The highest BCUT2D eigenvalue weighted by molar-refractivity contribution is 7.27. The largest absolute Gasteiger partial charge is 0.453 e. The third-order valence-electron chi connectivity index (χ3n) is 11.0. The second-order valence-corrected chi connectivity index (χ2v) is 17.5. The zero-order valence-electron chi connectivity index (χ0n) is 34.7. The lowest BCUT2D eigenvalue weighted by atomic mass is 10.0. The van der Waals surface area contributed by atoms with Crippen LogP contribution in [0, 0.1) is 11.8 Å². The summed E-state index contributed by atoms with van der Waals surface area (Å²) in [6.45, 7) is 8.68. The molecule has 3 unspecified atom stereocenters. The Balaban J connectivity index is 0.977. The number of nitrogens with zero attached hydrogens (tertiary/aromatic N) is 3. The fourth-order valence-corrected chi connectivity index (χ4v) is 10.2. The van der Waals surface area contributed by atoms with Gasteiger partial charge in [0.05, 0.1) is 52.6 Å². The number of methoxy groups -OCH3 is 2. The first-order chi connectivity index (χ1) is 28.9. The number of thiophene rings is 2. The molecular weight excluding hydrogens is 801 g/mol. The summed E-state index contributed by atoms with van der Waals surface area (Å²) in [6, 6.07) is 13.3. The number of alkyl carbamates (subject to hydrolysis) is 2. The Morgan fingerprint density at radius 1 is 0.833 bits per heavy atom. The molecule has 5 heterocycles. The molecule has 1 saturated heterocycles. The molecule has 4 aromatic heterocycles. The van der Waals surface area contributed by atoms with Gasteiger partial charge in [-0.3, -0.25) is 9.59 Å². The minimum atomic E-state index is -0.686. The molecule has 14 nitrogen and oxygen atoms in total. The van der Waals surface area contributed by atoms with Crippen molar-refractivity contribution in [2.24, 2.45) is 11.8 Å². The Labute approximate surface area is 356 Å². The van der Waals surface area contributed by atoms with Crippen LogP contribution >= 0.6 is 22.7 Å². The van der Waals surface area contributed by atoms with Crippen molar-refractivity contribution in [2.75, 3.05) is 27.3 Å². The molecule has 7 rings (SSSR count). The zero-order chi connectivity index (χ0) is 42.5. The summed E-state index contributed by atoms with van der Waals surface area (Å²) in [5, 5.41) is 12.7. The number of benzene rings is 2. The molecule has 0 spiro atoms. The second-order valence-electron chi connectivity index (χ2n) is 15.8. The lowest BCUT2D eigenvalue weighted by Gasteiger charge is -2.29. The Kier molecular flexibility index (Phi) is 13.2. The maximum Gasteiger partial charge on any atom is 0.407 e. The molecule has 6 aromatic rings. The molecule has 1 fully saturated rings. The van der Waals surface area contributed by atoms with E-state index in [4.69, 9.17) is 9.72 Å². The van der Waals surface area contributed by atoms with Crippen molar-refractivity contribution < 1.29 is 28.7 Å². The fraction of sp³-hybridized carbons (Fsp3) is 0.409. The molecule has 0 saturated carbocycles. The van der Waals surface area contributed by atoms with Gasteiger partial charge >= 0.3 is 12.2 Å². The number of ether oxygens (including phenoxy) is 2. The molecule has 60 heavy (non-hydrogen) atoms. The monoisotopic (exact) mass is 852 g/mol. The molecule has 16 heteroatoms. The van der Waals surface area contributed by atoms with E-state index in [0.29, 0.717) is 13.1 Å². The minimum Gasteiger partial charge on any atom is -0.453 e. The summed E-state index contributed by atoms with van der Waals surface area (Å²) in [5.41, 5.74) is 8.39. The Bertz CT molecular complexity index is 2470. The summed E-state index contributed by atoms with van der Waals surface area (Å²) >= 11 is 3.49. The first-order valence-electron chi connectivity index (χ1n) is 20.4. The number of nitrogens with one attached hydrogen (secondary N) is 5. The van der Waals surface area contributed by atoms with Gasteiger partial charge in [0.25, 0.3) is 0 Å². The van der Waals surface area contributed by atoms with Gasteiger partial charge in [-0.25, -0.2) is 19.6 Å². The van der Waals surface area contributed by atoms with Crippen molar-refractivity contribution in [2.45, 2.75) is 77.9 Å². The van der Waals surface area contributed by atoms with Gasteiger partial charge in [0.2, 0.25) is 11.8 Å². The number of imidazole rings is 2. The summed E-state index contributed by atoms with van der Waals surface area (Å²) in [5.74, 6) is 1.12. The number of unbranched alkanes of at least 4 members (excludes halogenated alkanes) is 1. The van der Waals surface area contributed by atoms with Gasteiger partial charge in [-0.15, -0.1) is 22.7 Å². The van der Waals surface area contributed by atoms with E-state index in [1.807, 2.05) is 44.9 Å². The van der Waals surface area contributed by atoms with Crippen LogP contribution in [0.15, 0.2) is 59.4 Å². The van der Waals surface area contributed by atoms with Crippen molar-refractivity contribution >= 4 is 67.1 Å². The molecular formula is C44H52N8O6S2. The van der Waals surface area contributed by atoms with Crippen molar-refractivity contribution in [1.29, 1.82) is 0 Å². The van der Waals surface area contributed by atoms with Crippen LogP contribution in [0.5, 0.6) is 0 Å². The topological polar surface area (TPSA) is 183 Å². The van der Waals surface area contributed by atoms with E-state index in [0.717, 1.165) is 77.2 Å². The molecule has 316 valence electrons. The third kappa shape index (κ3) is 9.19. The number of amides is 4. The van der Waals surface area contributed by atoms with Gasteiger partial charge < -0.3 is 40.3 Å². The van der Waals surface area contributed by atoms with Crippen LogP contribution < -0.4 is 16.0 Å². The minimum absolute atomic E-state index is 0.0682. The molecule has 3 atom stereocenters. The SMILES string of the molecule is COC(=O)NC(C(=O)NCCCCc1ncc(-c2ccc(-c3csc4c(-c5ccc6nc(C7CCCN7C(=O)C(NC(=O)OC)C(C)C)[nH]c6c5)csc34)cc2)[nH]1)C(C)C. The van der Waals surface area contributed by atoms with Crippen LogP contribution in [0.4, 0.5) is 9.59 Å². The molecule has 1 aliphatic heterocycles. The van der Waals surface area contributed by atoms with E-state index in [9.17, 15) is 19.2 Å². The highest BCUT2D eigenvalue weighted by atomic mass is 32.1. The molecule has 2 aromatic carbocycles. The van der Waals surface area contributed by atoms with Gasteiger partial charge in [-0.2, -0.15) is 0 Å². The number of aryl methyl sites for hydroxylation is 1.